The Hall–Kier alpha value is -1.44. The van der Waals surface area contributed by atoms with Gasteiger partial charge in [-0.25, -0.2) is 13.6 Å². The zero-order valence-corrected chi connectivity index (χ0v) is 14.1. The molecule has 0 aromatic carbocycles. The van der Waals surface area contributed by atoms with Crippen molar-refractivity contribution in [2.45, 2.75) is 63.5 Å². The van der Waals surface area contributed by atoms with E-state index in [1.165, 1.54) is 0 Å². The second-order valence-corrected chi connectivity index (χ2v) is 6.84. The third kappa shape index (κ3) is 5.03. The molecule has 0 spiro atoms. The molecule has 0 saturated heterocycles. The number of rotatable bonds is 7. The summed E-state index contributed by atoms with van der Waals surface area (Å²) in [6.07, 6.45) is 3.05. The lowest BCUT2D eigenvalue weighted by molar-refractivity contribution is -0.139. The number of carbonyl (C=O) groups excluding carboxylic acids is 1. The Morgan fingerprint density at radius 3 is 2.58 bits per heavy atom. The highest BCUT2D eigenvalue weighted by Gasteiger charge is 2.41. The van der Waals surface area contributed by atoms with E-state index in [9.17, 15) is 18.4 Å². The van der Waals surface area contributed by atoms with Crippen molar-refractivity contribution < 1.29 is 23.5 Å². The minimum atomic E-state index is -2.69. The second kappa shape index (κ2) is 8.09. The molecule has 0 heterocycles. The maximum absolute atomic E-state index is 13.7. The number of carboxylic acids is 1. The molecule has 2 fully saturated rings. The number of halogens is 2. The zero-order chi connectivity index (χ0) is 17.7. The lowest BCUT2D eigenvalue weighted by Gasteiger charge is -2.42. The van der Waals surface area contributed by atoms with Crippen molar-refractivity contribution in [3.63, 3.8) is 0 Å². The van der Waals surface area contributed by atoms with Gasteiger partial charge in [-0.05, 0) is 32.2 Å². The van der Waals surface area contributed by atoms with Gasteiger partial charge in [0, 0.05) is 31.0 Å². The normalized spacial score (nSPS) is 28.9. The van der Waals surface area contributed by atoms with Gasteiger partial charge in [-0.1, -0.05) is 13.3 Å². The molecule has 1 unspecified atom stereocenters. The Morgan fingerprint density at radius 1 is 1.29 bits per heavy atom. The summed E-state index contributed by atoms with van der Waals surface area (Å²) in [6, 6.07) is -0.287. The minimum Gasteiger partial charge on any atom is -0.480 e. The first kappa shape index (κ1) is 18.9. The molecule has 24 heavy (non-hydrogen) atoms. The summed E-state index contributed by atoms with van der Waals surface area (Å²) in [5.74, 6) is -4.33. The Balaban J connectivity index is 1.66. The van der Waals surface area contributed by atoms with Crippen molar-refractivity contribution in [2.75, 3.05) is 19.6 Å². The fourth-order valence-corrected chi connectivity index (χ4v) is 3.55. The van der Waals surface area contributed by atoms with E-state index in [-0.39, 0.29) is 31.6 Å². The van der Waals surface area contributed by atoms with Crippen LogP contribution in [0.15, 0.2) is 0 Å². The van der Waals surface area contributed by atoms with Crippen LogP contribution in [0.2, 0.25) is 0 Å². The SMILES string of the molecule is CCN(CC(=O)O)C1CC(NC(=O)NCC2CCCCC2(F)F)C1. The van der Waals surface area contributed by atoms with E-state index in [4.69, 9.17) is 5.11 Å². The molecule has 2 aliphatic carbocycles. The van der Waals surface area contributed by atoms with E-state index < -0.39 is 23.8 Å². The van der Waals surface area contributed by atoms with E-state index in [1.807, 2.05) is 11.8 Å². The molecule has 0 aromatic heterocycles. The average molecular weight is 347 g/mol. The molecule has 2 aliphatic rings. The molecule has 2 amide bonds. The number of alkyl halides is 2. The van der Waals surface area contributed by atoms with Crippen molar-refractivity contribution in [2.24, 2.45) is 5.92 Å². The lowest BCUT2D eigenvalue weighted by atomic mass is 9.85. The first-order valence-electron chi connectivity index (χ1n) is 8.70. The molecule has 3 N–H and O–H groups in total. The van der Waals surface area contributed by atoms with Crippen LogP contribution in [0.4, 0.5) is 13.6 Å². The molecule has 6 nitrogen and oxygen atoms in total. The topological polar surface area (TPSA) is 81.7 Å². The van der Waals surface area contributed by atoms with Crippen LogP contribution in [-0.4, -0.2) is 59.6 Å². The van der Waals surface area contributed by atoms with Gasteiger partial charge in [-0.15, -0.1) is 0 Å². The fraction of sp³-hybridized carbons (Fsp3) is 0.875. The third-order valence-corrected chi connectivity index (χ3v) is 5.13. The predicted octanol–water partition coefficient (Wildman–Crippen LogP) is 2.05. The van der Waals surface area contributed by atoms with Crippen molar-refractivity contribution in [3.8, 4) is 0 Å². The number of nitrogens with zero attached hydrogens (tertiary/aromatic N) is 1. The van der Waals surface area contributed by atoms with Crippen molar-refractivity contribution in [1.29, 1.82) is 0 Å². The highest BCUT2D eigenvalue weighted by Crippen LogP contribution is 2.37. The van der Waals surface area contributed by atoms with Gasteiger partial charge < -0.3 is 15.7 Å². The number of carboxylic acid groups (broad SMARTS) is 1. The minimum absolute atomic E-state index is 0.00313. The highest BCUT2D eigenvalue weighted by atomic mass is 19.3. The molecule has 0 radical (unpaired) electrons. The predicted molar refractivity (Wildman–Crippen MR) is 85.1 cm³/mol. The number of likely N-dealkylation sites (N-methyl/N-ethyl adjacent to an activating group) is 1. The number of aliphatic carboxylic acids is 1. The van der Waals surface area contributed by atoms with Crippen molar-refractivity contribution in [1.82, 2.24) is 15.5 Å². The Bertz CT molecular complexity index is 456. The largest absolute Gasteiger partial charge is 0.480 e. The molecule has 8 heteroatoms. The van der Waals surface area contributed by atoms with Crippen LogP contribution in [0.3, 0.4) is 0 Å². The van der Waals surface area contributed by atoms with Crippen LogP contribution in [0.1, 0.15) is 45.4 Å². The van der Waals surface area contributed by atoms with Crippen LogP contribution < -0.4 is 10.6 Å². The summed E-state index contributed by atoms with van der Waals surface area (Å²) in [4.78, 5) is 24.5. The van der Waals surface area contributed by atoms with Gasteiger partial charge in [0.1, 0.15) is 0 Å². The van der Waals surface area contributed by atoms with Crippen LogP contribution in [0.25, 0.3) is 0 Å². The van der Waals surface area contributed by atoms with Gasteiger partial charge in [0.25, 0.3) is 5.92 Å². The second-order valence-electron chi connectivity index (χ2n) is 6.84. The van der Waals surface area contributed by atoms with Gasteiger partial charge in [-0.2, -0.15) is 0 Å². The molecular weight excluding hydrogens is 320 g/mol. The average Bonchev–Trinajstić information content (AvgIpc) is 2.46. The number of hydrogen-bond donors (Lipinski definition) is 3. The number of hydrogen-bond acceptors (Lipinski definition) is 3. The van der Waals surface area contributed by atoms with Gasteiger partial charge in [0.15, 0.2) is 0 Å². The first-order valence-corrected chi connectivity index (χ1v) is 8.70. The van der Waals surface area contributed by atoms with E-state index in [1.54, 1.807) is 0 Å². The molecule has 0 bridgehead atoms. The molecule has 0 aliphatic heterocycles. The third-order valence-electron chi connectivity index (χ3n) is 5.13. The van der Waals surface area contributed by atoms with Crippen LogP contribution in [-0.2, 0) is 4.79 Å². The summed E-state index contributed by atoms with van der Waals surface area (Å²) in [5.41, 5.74) is 0. The lowest BCUT2D eigenvalue weighted by Crippen LogP contribution is -2.56. The fourth-order valence-electron chi connectivity index (χ4n) is 3.55. The molecule has 0 aromatic rings. The highest BCUT2D eigenvalue weighted by molar-refractivity contribution is 5.74. The van der Waals surface area contributed by atoms with E-state index in [0.29, 0.717) is 32.2 Å². The molecule has 138 valence electrons. The number of nitrogens with one attached hydrogen (secondary N) is 2. The summed E-state index contributed by atoms with van der Waals surface area (Å²) in [6.45, 7) is 2.54. The molecule has 1 atom stereocenters. The van der Waals surface area contributed by atoms with Gasteiger partial charge in [0.05, 0.1) is 6.54 Å². The van der Waals surface area contributed by atoms with Gasteiger partial charge in [0.2, 0.25) is 0 Å². The maximum atomic E-state index is 13.7. The summed E-state index contributed by atoms with van der Waals surface area (Å²) in [5, 5.41) is 14.2. The van der Waals surface area contributed by atoms with Crippen molar-refractivity contribution >= 4 is 12.0 Å². The number of carbonyl (C=O) groups is 2. The van der Waals surface area contributed by atoms with Crippen LogP contribution >= 0.6 is 0 Å². The Kier molecular flexibility index (Phi) is 6.37. The Morgan fingerprint density at radius 2 is 2.00 bits per heavy atom. The number of urea groups is 1. The maximum Gasteiger partial charge on any atom is 0.317 e. The quantitative estimate of drug-likeness (QED) is 0.658. The van der Waals surface area contributed by atoms with E-state index >= 15 is 0 Å². The first-order chi connectivity index (χ1) is 11.3. The molecule has 2 saturated carbocycles. The molecule has 2 rings (SSSR count). The summed E-state index contributed by atoms with van der Waals surface area (Å²) >= 11 is 0. The molecular formula is C16H27F2N3O3. The summed E-state index contributed by atoms with van der Waals surface area (Å²) in [7, 11) is 0. The Labute approximate surface area is 141 Å². The smallest absolute Gasteiger partial charge is 0.317 e. The van der Waals surface area contributed by atoms with Gasteiger partial charge in [-0.3, -0.25) is 9.69 Å². The van der Waals surface area contributed by atoms with Crippen LogP contribution in [0, 0.1) is 5.92 Å². The van der Waals surface area contributed by atoms with Crippen LogP contribution in [0.5, 0.6) is 0 Å². The van der Waals surface area contributed by atoms with E-state index in [2.05, 4.69) is 10.6 Å². The zero-order valence-electron chi connectivity index (χ0n) is 14.1. The monoisotopic (exact) mass is 347 g/mol. The standard InChI is InChI=1S/C16H27F2N3O3/c1-2-21(10-14(22)23)13-7-12(8-13)20-15(24)19-9-11-5-3-4-6-16(11,17)18/h11-13H,2-10H2,1H3,(H,22,23)(H2,19,20,24). The number of amides is 2. The van der Waals surface area contributed by atoms with Crippen molar-refractivity contribution in [3.05, 3.63) is 0 Å². The van der Waals surface area contributed by atoms with E-state index in [0.717, 1.165) is 6.42 Å². The summed E-state index contributed by atoms with van der Waals surface area (Å²) < 4.78 is 27.4. The van der Waals surface area contributed by atoms with Gasteiger partial charge >= 0.3 is 12.0 Å².